The van der Waals surface area contributed by atoms with Gasteiger partial charge in [-0.1, -0.05) is 17.3 Å². The van der Waals surface area contributed by atoms with Gasteiger partial charge < -0.3 is 19.9 Å². The Balaban J connectivity index is 1.57. The van der Waals surface area contributed by atoms with Crippen LogP contribution < -0.4 is 15.4 Å². The van der Waals surface area contributed by atoms with Crippen LogP contribution in [-0.4, -0.2) is 29.8 Å². The van der Waals surface area contributed by atoms with E-state index in [1.807, 2.05) is 18.2 Å². The van der Waals surface area contributed by atoms with Gasteiger partial charge in [-0.05, 0) is 43.3 Å². The van der Waals surface area contributed by atoms with Crippen molar-refractivity contribution in [1.29, 1.82) is 0 Å². The number of aromatic nitrogens is 1. The number of carbonyl (C=O) groups is 2. The molecule has 28 heavy (non-hydrogen) atoms. The van der Waals surface area contributed by atoms with Crippen molar-refractivity contribution in [3.63, 3.8) is 0 Å². The predicted octanol–water partition coefficient (Wildman–Crippen LogP) is 3.97. The largest absolute Gasteiger partial charge is 0.497 e. The molecule has 0 saturated carbocycles. The fourth-order valence-corrected chi connectivity index (χ4v) is 3.14. The molecule has 0 atom stereocenters. The first-order valence-corrected chi connectivity index (χ1v) is 9.43. The number of nitrogens with zero attached hydrogens (tertiary/aromatic N) is 1. The van der Waals surface area contributed by atoms with Gasteiger partial charge in [0.1, 0.15) is 11.5 Å². The third-order valence-corrected chi connectivity index (χ3v) is 4.68. The topological polar surface area (TPSA) is 93.5 Å². The number of carbonyl (C=O) groups excluding carboxylic acids is 2. The molecule has 0 bridgehead atoms. The molecule has 144 valence electrons. The molecule has 1 aromatic heterocycles. The molecule has 0 aliphatic rings. The van der Waals surface area contributed by atoms with Gasteiger partial charge in [0.15, 0.2) is 5.82 Å². The zero-order valence-corrected chi connectivity index (χ0v) is 16.2. The third kappa shape index (κ3) is 5.37. The van der Waals surface area contributed by atoms with Crippen molar-refractivity contribution in [3.8, 4) is 5.75 Å². The fourth-order valence-electron chi connectivity index (χ4n) is 2.38. The molecule has 3 rings (SSSR count). The Morgan fingerprint density at radius 2 is 1.93 bits per heavy atom. The molecule has 3 aromatic rings. The molecule has 0 aliphatic heterocycles. The van der Waals surface area contributed by atoms with Crippen LogP contribution in [-0.2, 0) is 4.79 Å². The fraction of sp³-hybridized carbons (Fsp3) is 0.150. The van der Waals surface area contributed by atoms with Crippen LogP contribution in [0.3, 0.4) is 0 Å². The minimum Gasteiger partial charge on any atom is -0.497 e. The normalized spacial score (nSPS) is 10.4. The van der Waals surface area contributed by atoms with Crippen molar-refractivity contribution < 1.29 is 18.8 Å². The second kappa shape index (κ2) is 9.09. The Morgan fingerprint density at radius 3 is 2.68 bits per heavy atom. The van der Waals surface area contributed by atoms with Crippen molar-refractivity contribution >= 4 is 35.1 Å². The molecule has 7 nitrogen and oxygen atoms in total. The minimum atomic E-state index is -0.236. The number of rotatable bonds is 7. The number of thioether (sulfide) groups is 1. The van der Waals surface area contributed by atoms with Gasteiger partial charge in [0.2, 0.25) is 5.91 Å². The van der Waals surface area contributed by atoms with Gasteiger partial charge in [0.25, 0.3) is 5.91 Å². The summed E-state index contributed by atoms with van der Waals surface area (Å²) >= 11 is 1.36. The first kappa shape index (κ1) is 19.5. The van der Waals surface area contributed by atoms with Crippen LogP contribution >= 0.6 is 11.8 Å². The highest BCUT2D eigenvalue weighted by atomic mass is 32.2. The zero-order chi connectivity index (χ0) is 19.9. The summed E-state index contributed by atoms with van der Waals surface area (Å²) in [5.74, 6) is 1.42. The molecular formula is C20H19N3O4S. The van der Waals surface area contributed by atoms with E-state index in [0.717, 1.165) is 4.90 Å². The Bertz CT molecular complexity index is 987. The lowest BCUT2D eigenvalue weighted by Crippen LogP contribution is -2.14. The number of methoxy groups -OCH3 is 1. The molecular weight excluding hydrogens is 378 g/mol. The number of hydrogen-bond acceptors (Lipinski definition) is 6. The smallest absolute Gasteiger partial charge is 0.255 e. The summed E-state index contributed by atoms with van der Waals surface area (Å²) in [7, 11) is 1.55. The number of amides is 2. The Kier molecular flexibility index (Phi) is 6.33. The lowest BCUT2D eigenvalue weighted by Gasteiger charge is -2.08. The number of aryl methyl sites for hydroxylation is 1. The molecule has 0 unspecified atom stereocenters. The molecule has 0 aliphatic carbocycles. The molecule has 8 heteroatoms. The van der Waals surface area contributed by atoms with E-state index < -0.39 is 0 Å². The van der Waals surface area contributed by atoms with Crippen molar-refractivity contribution in [2.75, 3.05) is 23.5 Å². The maximum absolute atomic E-state index is 12.4. The van der Waals surface area contributed by atoms with Crippen molar-refractivity contribution in [2.45, 2.75) is 11.8 Å². The number of benzene rings is 2. The zero-order valence-electron chi connectivity index (χ0n) is 15.4. The lowest BCUT2D eigenvalue weighted by molar-refractivity contribution is -0.113. The highest BCUT2D eigenvalue weighted by Crippen LogP contribution is 2.23. The van der Waals surface area contributed by atoms with E-state index in [1.54, 1.807) is 50.4 Å². The highest BCUT2D eigenvalue weighted by Gasteiger charge is 2.09. The van der Waals surface area contributed by atoms with E-state index in [9.17, 15) is 9.59 Å². The van der Waals surface area contributed by atoms with Gasteiger partial charge >= 0.3 is 0 Å². The van der Waals surface area contributed by atoms with E-state index in [-0.39, 0.29) is 17.6 Å². The van der Waals surface area contributed by atoms with Crippen molar-refractivity contribution in [3.05, 3.63) is 65.9 Å². The second-order valence-electron chi connectivity index (χ2n) is 5.87. The van der Waals surface area contributed by atoms with E-state index in [2.05, 4.69) is 15.8 Å². The molecule has 0 fully saturated rings. The van der Waals surface area contributed by atoms with E-state index in [0.29, 0.717) is 28.6 Å². The molecule has 2 amide bonds. The van der Waals surface area contributed by atoms with Crippen LogP contribution in [0.5, 0.6) is 5.75 Å². The van der Waals surface area contributed by atoms with Crippen molar-refractivity contribution in [2.24, 2.45) is 0 Å². The van der Waals surface area contributed by atoms with Crippen LogP contribution in [0, 0.1) is 6.92 Å². The van der Waals surface area contributed by atoms with Gasteiger partial charge in [-0.3, -0.25) is 9.59 Å². The van der Waals surface area contributed by atoms with Gasteiger partial charge in [0, 0.05) is 22.2 Å². The number of nitrogens with one attached hydrogen (secondary N) is 2. The summed E-state index contributed by atoms with van der Waals surface area (Å²) in [6.07, 6.45) is 0. The first-order chi connectivity index (χ1) is 13.5. The average Bonchev–Trinajstić information content (AvgIpc) is 3.11. The SMILES string of the molecule is COc1cccc(C(=O)Nc2cccc(SCC(=O)Nc3cc(C)on3)c2)c1. The average molecular weight is 397 g/mol. The Labute approximate surface area is 166 Å². The molecule has 2 N–H and O–H groups in total. The molecule has 0 saturated heterocycles. The molecule has 1 heterocycles. The van der Waals surface area contributed by atoms with Gasteiger partial charge in [-0.15, -0.1) is 11.8 Å². The summed E-state index contributed by atoms with van der Waals surface area (Å²) in [6.45, 7) is 1.75. The monoisotopic (exact) mass is 397 g/mol. The lowest BCUT2D eigenvalue weighted by atomic mass is 10.2. The van der Waals surface area contributed by atoms with Crippen LogP contribution in [0.25, 0.3) is 0 Å². The van der Waals surface area contributed by atoms with Crippen LogP contribution in [0.4, 0.5) is 11.5 Å². The molecule has 0 radical (unpaired) electrons. The maximum atomic E-state index is 12.4. The van der Waals surface area contributed by atoms with E-state index in [4.69, 9.17) is 9.26 Å². The summed E-state index contributed by atoms with van der Waals surface area (Å²) < 4.78 is 10.1. The van der Waals surface area contributed by atoms with Gasteiger partial charge in [-0.2, -0.15) is 0 Å². The number of anilines is 2. The summed E-state index contributed by atoms with van der Waals surface area (Å²) in [5.41, 5.74) is 1.14. The summed E-state index contributed by atoms with van der Waals surface area (Å²) in [4.78, 5) is 25.3. The van der Waals surface area contributed by atoms with Crippen LogP contribution in [0.15, 0.2) is 64.0 Å². The van der Waals surface area contributed by atoms with Crippen LogP contribution in [0.2, 0.25) is 0 Å². The minimum absolute atomic E-state index is 0.191. The number of hydrogen-bond donors (Lipinski definition) is 2. The van der Waals surface area contributed by atoms with Crippen molar-refractivity contribution in [1.82, 2.24) is 5.16 Å². The van der Waals surface area contributed by atoms with E-state index >= 15 is 0 Å². The summed E-state index contributed by atoms with van der Waals surface area (Å²) in [6, 6.07) is 15.9. The standard InChI is InChI=1S/C20H19N3O4S/c1-13-9-18(23-27-13)22-19(24)12-28-17-8-4-6-15(11-17)21-20(25)14-5-3-7-16(10-14)26-2/h3-11H,12H2,1-2H3,(H,21,25)(H,22,23,24). The third-order valence-electron chi connectivity index (χ3n) is 3.69. The quantitative estimate of drug-likeness (QED) is 0.586. The first-order valence-electron chi connectivity index (χ1n) is 8.45. The van der Waals surface area contributed by atoms with E-state index in [1.165, 1.54) is 11.8 Å². The highest BCUT2D eigenvalue weighted by molar-refractivity contribution is 8.00. The molecule has 0 spiro atoms. The summed E-state index contributed by atoms with van der Waals surface area (Å²) in [5, 5.41) is 9.24. The maximum Gasteiger partial charge on any atom is 0.255 e. The van der Waals surface area contributed by atoms with Crippen LogP contribution in [0.1, 0.15) is 16.1 Å². The predicted molar refractivity (Wildman–Crippen MR) is 108 cm³/mol. The Morgan fingerprint density at radius 1 is 1.11 bits per heavy atom. The Hall–Kier alpha value is -3.26. The molecule has 2 aromatic carbocycles. The second-order valence-corrected chi connectivity index (χ2v) is 6.92. The number of ether oxygens (including phenoxy) is 1. The van der Waals surface area contributed by atoms with Gasteiger partial charge in [0.05, 0.1) is 12.9 Å². The van der Waals surface area contributed by atoms with Gasteiger partial charge in [-0.25, -0.2) is 0 Å².